The van der Waals surface area contributed by atoms with E-state index in [1.807, 2.05) is 19.1 Å². The summed E-state index contributed by atoms with van der Waals surface area (Å²) in [6, 6.07) is 8.23. The van der Waals surface area contributed by atoms with Crippen molar-refractivity contribution in [3.63, 3.8) is 0 Å². The number of benzene rings is 1. The average molecular weight is 202 g/mol. The summed E-state index contributed by atoms with van der Waals surface area (Å²) < 4.78 is 0. The third-order valence-electron chi connectivity index (χ3n) is 3.15. The lowest BCUT2D eigenvalue weighted by atomic mass is 9.76. The Bertz CT molecular complexity index is 381. The zero-order valence-corrected chi connectivity index (χ0v) is 9.29. The summed E-state index contributed by atoms with van der Waals surface area (Å²) in [7, 11) is 0. The van der Waals surface area contributed by atoms with Crippen LogP contribution in [0.25, 0.3) is 0 Å². The van der Waals surface area contributed by atoms with Gasteiger partial charge in [0.1, 0.15) is 0 Å². The molecular weight excluding hydrogens is 184 g/mol. The Labute approximate surface area is 91.4 Å². The van der Waals surface area contributed by atoms with Gasteiger partial charge >= 0.3 is 0 Å². The summed E-state index contributed by atoms with van der Waals surface area (Å²) in [6.45, 7) is 5.89. The molecule has 0 fully saturated rings. The molecule has 1 N–H and O–H groups in total. The Kier molecular flexibility index (Phi) is 2.66. The minimum Gasteiger partial charge on any atom is -0.385 e. The number of hydrogen-bond acceptors (Lipinski definition) is 1. The van der Waals surface area contributed by atoms with Gasteiger partial charge in [-0.2, -0.15) is 0 Å². The quantitative estimate of drug-likeness (QED) is 0.730. The van der Waals surface area contributed by atoms with Crippen LogP contribution in [0.5, 0.6) is 0 Å². The smallest absolute Gasteiger partial charge is 0.0936 e. The number of aliphatic hydroxyl groups is 1. The van der Waals surface area contributed by atoms with Crippen LogP contribution in [0.4, 0.5) is 0 Å². The van der Waals surface area contributed by atoms with Gasteiger partial charge in [-0.15, -0.1) is 6.58 Å². The van der Waals surface area contributed by atoms with Crippen molar-refractivity contribution in [2.24, 2.45) is 0 Å². The van der Waals surface area contributed by atoms with Gasteiger partial charge in [-0.3, -0.25) is 0 Å². The summed E-state index contributed by atoms with van der Waals surface area (Å²) in [4.78, 5) is 0. The Morgan fingerprint density at radius 1 is 1.47 bits per heavy atom. The maximum Gasteiger partial charge on any atom is 0.0936 e. The van der Waals surface area contributed by atoms with Crippen molar-refractivity contribution in [3.8, 4) is 0 Å². The maximum atomic E-state index is 10.6. The van der Waals surface area contributed by atoms with Crippen LogP contribution < -0.4 is 0 Å². The fourth-order valence-corrected chi connectivity index (χ4v) is 2.58. The van der Waals surface area contributed by atoms with E-state index in [4.69, 9.17) is 0 Å². The molecule has 0 saturated heterocycles. The van der Waals surface area contributed by atoms with Crippen molar-refractivity contribution in [1.29, 1.82) is 0 Å². The van der Waals surface area contributed by atoms with Crippen LogP contribution in [-0.4, -0.2) is 5.11 Å². The van der Waals surface area contributed by atoms with E-state index in [1.54, 1.807) is 0 Å². The molecule has 0 saturated carbocycles. The molecule has 0 radical (unpaired) electrons. The highest BCUT2D eigenvalue weighted by Gasteiger charge is 2.33. The van der Waals surface area contributed by atoms with Gasteiger partial charge in [0.25, 0.3) is 0 Å². The average Bonchev–Trinajstić information content (AvgIpc) is 2.17. The SMILES string of the molecule is C=C(C)C[C@]1(O)CCCc2ccccc21. The van der Waals surface area contributed by atoms with Crippen LogP contribution in [0, 0.1) is 0 Å². The fraction of sp³-hybridized carbons (Fsp3) is 0.429. The van der Waals surface area contributed by atoms with Crippen LogP contribution in [0.3, 0.4) is 0 Å². The minimum absolute atomic E-state index is 0.666. The Morgan fingerprint density at radius 3 is 2.93 bits per heavy atom. The van der Waals surface area contributed by atoms with Gasteiger partial charge in [0.2, 0.25) is 0 Å². The highest BCUT2D eigenvalue weighted by molar-refractivity contribution is 5.35. The van der Waals surface area contributed by atoms with Crippen molar-refractivity contribution in [3.05, 3.63) is 47.5 Å². The molecule has 0 unspecified atom stereocenters. The molecule has 1 heteroatoms. The first-order chi connectivity index (χ1) is 7.12. The van der Waals surface area contributed by atoms with E-state index in [1.165, 1.54) is 5.56 Å². The molecule has 0 aromatic heterocycles. The molecular formula is C14H18O. The van der Waals surface area contributed by atoms with E-state index >= 15 is 0 Å². The second-order valence-electron chi connectivity index (χ2n) is 4.68. The summed E-state index contributed by atoms with van der Waals surface area (Å²) in [5, 5.41) is 10.6. The Morgan fingerprint density at radius 2 is 2.20 bits per heavy atom. The normalized spacial score (nSPS) is 24.7. The first kappa shape index (κ1) is 10.4. The predicted molar refractivity (Wildman–Crippen MR) is 62.7 cm³/mol. The van der Waals surface area contributed by atoms with Crippen LogP contribution in [-0.2, 0) is 12.0 Å². The molecule has 1 aliphatic rings. The lowest BCUT2D eigenvalue weighted by Crippen LogP contribution is -2.30. The molecule has 0 heterocycles. The van der Waals surface area contributed by atoms with Gasteiger partial charge in [0.15, 0.2) is 0 Å². The first-order valence-electron chi connectivity index (χ1n) is 5.57. The van der Waals surface area contributed by atoms with E-state index in [9.17, 15) is 5.11 Å². The lowest BCUT2D eigenvalue weighted by Gasteiger charge is -2.34. The zero-order valence-electron chi connectivity index (χ0n) is 9.29. The highest BCUT2D eigenvalue weighted by atomic mass is 16.3. The van der Waals surface area contributed by atoms with Crippen molar-refractivity contribution in [2.45, 2.75) is 38.2 Å². The zero-order chi connectivity index (χ0) is 10.9. The first-order valence-corrected chi connectivity index (χ1v) is 5.57. The number of rotatable bonds is 2. The van der Waals surface area contributed by atoms with Gasteiger partial charge in [-0.1, -0.05) is 29.8 Å². The molecule has 15 heavy (non-hydrogen) atoms. The standard InChI is InChI=1S/C14H18O/c1-11(2)10-14(15)9-5-7-12-6-3-4-8-13(12)14/h3-4,6,8,15H,1,5,7,9-10H2,2H3/t14-/m1/s1. The van der Waals surface area contributed by atoms with Crippen molar-refractivity contribution < 1.29 is 5.11 Å². The lowest BCUT2D eigenvalue weighted by molar-refractivity contribution is 0.0192. The molecule has 0 spiro atoms. The van der Waals surface area contributed by atoms with Gasteiger partial charge in [-0.05, 0) is 37.3 Å². The molecule has 1 aromatic carbocycles. The molecule has 80 valence electrons. The Hall–Kier alpha value is -1.08. The van der Waals surface area contributed by atoms with Crippen LogP contribution in [0.15, 0.2) is 36.4 Å². The topological polar surface area (TPSA) is 20.2 Å². The summed E-state index contributed by atoms with van der Waals surface area (Å²) in [5.41, 5.74) is 2.79. The molecule has 1 nitrogen and oxygen atoms in total. The molecule has 0 amide bonds. The molecule has 0 bridgehead atoms. The van der Waals surface area contributed by atoms with Crippen molar-refractivity contribution in [1.82, 2.24) is 0 Å². The molecule has 1 aromatic rings. The largest absolute Gasteiger partial charge is 0.385 e. The van der Waals surface area contributed by atoms with E-state index in [2.05, 4.69) is 18.7 Å². The van der Waals surface area contributed by atoms with E-state index in [-0.39, 0.29) is 0 Å². The second-order valence-corrected chi connectivity index (χ2v) is 4.68. The van der Waals surface area contributed by atoms with E-state index in [0.29, 0.717) is 6.42 Å². The third-order valence-corrected chi connectivity index (χ3v) is 3.15. The molecule has 0 aliphatic heterocycles. The van der Waals surface area contributed by atoms with Crippen molar-refractivity contribution in [2.75, 3.05) is 0 Å². The number of hydrogen-bond donors (Lipinski definition) is 1. The second kappa shape index (κ2) is 3.82. The highest BCUT2D eigenvalue weighted by Crippen LogP contribution is 2.39. The summed E-state index contributed by atoms with van der Waals surface area (Å²) in [5.74, 6) is 0. The summed E-state index contributed by atoms with van der Waals surface area (Å²) in [6.07, 6.45) is 3.70. The van der Waals surface area contributed by atoms with Crippen LogP contribution in [0.2, 0.25) is 0 Å². The molecule has 2 rings (SSSR count). The summed E-state index contributed by atoms with van der Waals surface area (Å²) >= 11 is 0. The van der Waals surface area contributed by atoms with Crippen LogP contribution >= 0.6 is 0 Å². The van der Waals surface area contributed by atoms with Gasteiger partial charge in [0.05, 0.1) is 5.60 Å². The van der Waals surface area contributed by atoms with E-state index in [0.717, 1.165) is 30.4 Å². The van der Waals surface area contributed by atoms with Crippen LogP contribution in [0.1, 0.15) is 37.3 Å². The molecule has 1 aliphatic carbocycles. The van der Waals surface area contributed by atoms with E-state index < -0.39 is 5.60 Å². The number of aryl methyl sites for hydroxylation is 1. The minimum atomic E-state index is -0.666. The monoisotopic (exact) mass is 202 g/mol. The van der Waals surface area contributed by atoms with Gasteiger partial charge < -0.3 is 5.11 Å². The number of fused-ring (bicyclic) bond motifs is 1. The maximum absolute atomic E-state index is 10.6. The van der Waals surface area contributed by atoms with Crippen molar-refractivity contribution >= 4 is 0 Å². The molecule has 1 atom stereocenters. The predicted octanol–water partition coefficient (Wildman–Crippen LogP) is 3.18. The van der Waals surface area contributed by atoms with Gasteiger partial charge in [-0.25, -0.2) is 0 Å². The van der Waals surface area contributed by atoms with Gasteiger partial charge in [0, 0.05) is 6.42 Å². The fourth-order valence-electron chi connectivity index (χ4n) is 2.58. The third kappa shape index (κ3) is 1.98. The Balaban J connectivity index is 2.40.